The molecule has 0 aliphatic heterocycles. The van der Waals surface area contributed by atoms with Crippen molar-refractivity contribution >= 4 is 47.2 Å². The van der Waals surface area contributed by atoms with Crippen LogP contribution in [0.15, 0.2) is 101 Å². The zero-order valence-corrected chi connectivity index (χ0v) is 25.0. The summed E-state index contributed by atoms with van der Waals surface area (Å²) in [5.41, 5.74) is 11.9. The predicted molar refractivity (Wildman–Crippen MR) is 171 cm³/mol. The second-order valence-corrected chi connectivity index (χ2v) is 11.9. The Labute approximate surface area is 258 Å². The highest BCUT2D eigenvalue weighted by Gasteiger charge is 2.30. The summed E-state index contributed by atoms with van der Waals surface area (Å²) in [6.45, 7) is 0.574. The molecule has 1 aliphatic carbocycles. The third-order valence-corrected chi connectivity index (χ3v) is 9.16. The van der Waals surface area contributed by atoms with Crippen molar-refractivity contribution in [2.75, 3.05) is 23.9 Å². The van der Waals surface area contributed by atoms with Gasteiger partial charge >= 0.3 is 12.1 Å². The van der Waals surface area contributed by atoms with Crippen molar-refractivity contribution in [1.29, 1.82) is 0 Å². The van der Waals surface area contributed by atoms with Crippen molar-refractivity contribution in [3.05, 3.63) is 113 Å². The van der Waals surface area contributed by atoms with Crippen LogP contribution in [0.25, 0.3) is 11.1 Å². The van der Waals surface area contributed by atoms with Crippen LogP contribution in [0.1, 0.15) is 33.0 Å². The molecule has 4 aromatic carbocycles. The number of thioether (sulfide) groups is 2. The van der Waals surface area contributed by atoms with Crippen LogP contribution in [-0.2, 0) is 16.1 Å². The van der Waals surface area contributed by atoms with Gasteiger partial charge in [-0.2, -0.15) is 0 Å². The summed E-state index contributed by atoms with van der Waals surface area (Å²) < 4.78 is 5.55. The van der Waals surface area contributed by atoms with E-state index in [0.29, 0.717) is 22.7 Å². The van der Waals surface area contributed by atoms with Crippen LogP contribution in [-0.4, -0.2) is 47.7 Å². The van der Waals surface area contributed by atoms with Gasteiger partial charge in [-0.15, -0.1) is 23.5 Å². The molecule has 0 aromatic heterocycles. The van der Waals surface area contributed by atoms with Crippen LogP contribution in [0.4, 0.5) is 10.5 Å². The Kier molecular flexibility index (Phi) is 9.58. The largest absolute Gasteiger partial charge is 0.480 e. The number of amides is 2. The van der Waals surface area contributed by atoms with E-state index in [4.69, 9.17) is 10.5 Å². The fourth-order valence-corrected chi connectivity index (χ4v) is 6.45. The first-order valence-electron chi connectivity index (χ1n) is 13.6. The number of fused-ring (bicyclic) bond motifs is 3. The van der Waals surface area contributed by atoms with E-state index in [1.165, 1.54) is 11.8 Å². The molecular weight excluding hydrogens is 583 g/mol. The van der Waals surface area contributed by atoms with Gasteiger partial charge in [-0.25, -0.2) is 9.59 Å². The van der Waals surface area contributed by atoms with Crippen LogP contribution in [0.5, 0.6) is 0 Å². The molecule has 5 rings (SSSR count). The van der Waals surface area contributed by atoms with Gasteiger partial charge in [0, 0.05) is 39.3 Å². The van der Waals surface area contributed by atoms with Crippen molar-refractivity contribution < 1.29 is 24.2 Å². The van der Waals surface area contributed by atoms with E-state index in [9.17, 15) is 19.5 Å². The molecular formula is C33H31N3O5S2. The van der Waals surface area contributed by atoms with Crippen LogP contribution >= 0.6 is 23.5 Å². The van der Waals surface area contributed by atoms with Crippen molar-refractivity contribution in [3.8, 4) is 11.1 Å². The summed E-state index contributed by atoms with van der Waals surface area (Å²) in [4.78, 5) is 38.5. The molecule has 1 aliphatic rings. The lowest BCUT2D eigenvalue weighted by atomic mass is 9.98. The number of nitrogens with two attached hydrogens (primary N) is 1. The number of carbonyl (C=O) groups excluding carboxylic acids is 2. The van der Waals surface area contributed by atoms with Gasteiger partial charge < -0.3 is 26.2 Å². The molecule has 0 fully saturated rings. The Balaban J connectivity index is 1.22. The molecule has 4 aromatic rings. The normalized spacial score (nSPS) is 12.6. The molecule has 220 valence electrons. The highest BCUT2D eigenvalue weighted by Crippen LogP contribution is 2.44. The van der Waals surface area contributed by atoms with Crippen molar-refractivity contribution in [2.24, 2.45) is 5.73 Å². The molecule has 0 bridgehead atoms. The summed E-state index contributed by atoms with van der Waals surface area (Å²) in [7, 11) is 0. The summed E-state index contributed by atoms with van der Waals surface area (Å²) >= 11 is 2.90. The van der Waals surface area contributed by atoms with Gasteiger partial charge in [0.1, 0.15) is 12.6 Å². The maximum Gasteiger partial charge on any atom is 0.407 e. The van der Waals surface area contributed by atoms with E-state index < -0.39 is 24.0 Å². The van der Waals surface area contributed by atoms with E-state index in [1.54, 1.807) is 30.0 Å². The summed E-state index contributed by atoms with van der Waals surface area (Å²) in [5, 5.41) is 15.7. The summed E-state index contributed by atoms with van der Waals surface area (Å²) in [5.74, 6) is -1.85. The van der Waals surface area contributed by atoms with Crippen molar-refractivity contribution in [3.63, 3.8) is 0 Å². The minimum atomic E-state index is -1.21. The maximum atomic E-state index is 12.8. The molecule has 2 amide bonds. The fraction of sp³-hybridized carbons (Fsp3) is 0.182. The van der Waals surface area contributed by atoms with Gasteiger partial charge in [0.15, 0.2) is 0 Å². The quantitative estimate of drug-likeness (QED) is 0.139. The number of hydrogen-bond donors (Lipinski definition) is 4. The van der Waals surface area contributed by atoms with Gasteiger partial charge in [0.25, 0.3) is 0 Å². The minimum absolute atomic E-state index is 0.0343. The number of rotatable bonds is 12. The van der Waals surface area contributed by atoms with Gasteiger partial charge in [-0.1, -0.05) is 60.7 Å². The monoisotopic (exact) mass is 613 g/mol. The molecule has 0 unspecified atom stereocenters. The van der Waals surface area contributed by atoms with Crippen LogP contribution < -0.4 is 16.4 Å². The zero-order valence-electron chi connectivity index (χ0n) is 23.4. The molecule has 10 heteroatoms. The standard InChI is InChI=1S/C33H31N3O5S2/c1-42-22-13-10-20(11-14-22)17-35-28-16-21(31(34)37)12-15-30(28)43-19-29(32(38)39)36-33(40)41-18-27-25-8-4-2-6-23(25)24-7-3-5-9-26(24)27/h2-16,27,29,35H,17-19H2,1H3,(H2,34,37)(H,36,40)(H,38,39)/t29-/m1/s1. The van der Waals surface area contributed by atoms with Gasteiger partial charge in [0.2, 0.25) is 5.91 Å². The first-order chi connectivity index (χ1) is 20.8. The minimum Gasteiger partial charge on any atom is -0.480 e. The smallest absolute Gasteiger partial charge is 0.407 e. The highest BCUT2D eigenvalue weighted by atomic mass is 32.2. The second-order valence-electron chi connectivity index (χ2n) is 9.95. The average molecular weight is 614 g/mol. The lowest BCUT2D eigenvalue weighted by molar-refractivity contribution is -0.138. The number of alkyl carbamates (subject to hydrolysis) is 1. The van der Waals surface area contributed by atoms with Gasteiger partial charge in [0.05, 0.1) is 0 Å². The summed E-state index contributed by atoms with van der Waals surface area (Å²) in [6, 6.07) is 27.9. The Hall–Kier alpha value is -4.41. The molecule has 0 heterocycles. The third kappa shape index (κ3) is 7.15. The number of ether oxygens (including phenoxy) is 1. The number of anilines is 1. The van der Waals surface area contributed by atoms with Crippen LogP contribution in [0.2, 0.25) is 0 Å². The van der Waals surface area contributed by atoms with Crippen LogP contribution in [0, 0.1) is 0 Å². The van der Waals surface area contributed by atoms with E-state index in [1.807, 2.05) is 79.1 Å². The average Bonchev–Trinajstić information content (AvgIpc) is 3.34. The van der Waals surface area contributed by atoms with Crippen molar-refractivity contribution in [2.45, 2.75) is 28.3 Å². The molecule has 0 saturated carbocycles. The molecule has 0 spiro atoms. The number of carboxylic acids is 1. The third-order valence-electron chi connectivity index (χ3n) is 7.25. The molecule has 43 heavy (non-hydrogen) atoms. The second kappa shape index (κ2) is 13.7. The Morgan fingerprint density at radius 1 is 0.930 bits per heavy atom. The number of nitrogens with one attached hydrogen (secondary N) is 2. The van der Waals surface area contributed by atoms with Crippen molar-refractivity contribution in [1.82, 2.24) is 5.32 Å². The summed E-state index contributed by atoms with van der Waals surface area (Å²) in [6.07, 6.45) is 1.21. The Morgan fingerprint density at radius 3 is 2.19 bits per heavy atom. The maximum absolute atomic E-state index is 12.8. The molecule has 5 N–H and O–H groups in total. The van der Waals surface area contributed by atoms with Gasteiger partial charge in [-0.05, 0) is 64.4 Å². The first-order valence-corrected chi connectivity index (χ1v) is 15.8. The SMILES string of the molecule is CSc1ccc(CNc2cc(C(N)=O)ccc2SC[C@@H](NC(=O)OCC2c3ccccc3-c3ccccc32)C(=O)O)cc1. The fourth-order valence-electron chi connectivity index (χ4n) is 5.02. The lowest BCUT2D eigenvalue weighted by Gasteiger charge is -2.18. The zero-order chi connectivity index (χ0) is 30.3. The van der Waals surface area contributed by atoms with Crippen LogP contribution in [0.3, 0.4) is 0 Å². The molecule has 8 nitrogen and oxygen atoms in total. The number of carbonyl (C=O) groups is 3. The highest BCUT2D eigenvalue weighted by molar-refractivity contribution is 7.99. The van der Waals surface area contributed by atoms with E-state index in [-0.39, 0.29) is 18.3 Å². The number of benzene rings is 4. The topological polar surface area (TPSA) is 131 Å². The lowest BCUT2D eigenvalue weighted by Crippen LogP contribution is -2.43. The number of aliphatic carboxylic acids is 1. The Bertz CT molecular complexity index is 1600. The number of carboxylic acid groups (broad SMARTS) is 1. The van der Waals surface area contributed by atoms with E-state index in [0.717, 1.165) is 32.7 Å². The number of hydrogen-bond acceptors (Lipinski definition) is 7. The van der Waals surface area contributed by atoms with E-state index >= 15 is 0 Å². The molecule has 0 saturated heterocycles. The predicted octanol–water partition coefficient (Wildman–Crippen LogP) is 6.20. The Morgan fingerprint density at radius 2 is 1.58 bits per heavy atom. The van der Waals surface area contributed by atoms with E-state index in [2.05, 4.69) is 10.6 Å². The first kappa shape index (κ1) is 30.1. The number of primary amides is 1. The molecule has 0 radical (unpaired) electrons. The van der Waals surface area contributed by atoms with Gasteiger partial charge in [-0.3, -0.25) is 4.79 Å². The molecule has 1 atom stereocenters.